The van der Waals surface area contributed by atoms with E-state index in [1.807, 2.05) is 20.8 Å². The molecule has 0 bridgehead atoms. The molecule has 178 valence electrons. The Morgan fingerprint density at radius 2 is 1.19 bits per heavy atom. The lowest BCUT2D eigenvalue weighted by molar-refractivity contribution is 0.0587. The summed E-state index contributed by atoms with van der Waals surface area (Å²) in [4.78, 5) is 11.8. The highest BCUT2D eigenvalue weighted by Gasteiger charge is 2.40. The van der Waals surface area contributed by atoms with Crippen molar-refractivity contribution in [2.24, 2.45) is 0 Å². The summed E-state index contributed by atoms with van der Waals surface area (Å²) in [5.41, 5.74) is 0. The van der Waals surface area contributed by atoms with Crippen molar-refractivity contribution in [2.45, 2.75) is 52.5 Å². The maximum atomic E-state index is 13.6. The maximum absolute atomic E-state index is 13.6. The third-order valence-electron chi connectivity index (χ3n) is 3.87. The summed E-state index contributed by atoms with van der Waals surface area (Å²) in [6.07, 6.45) is 1.22. The fourth-order valence-corrected chi connectivity index (χ4v) is 5.25. The van der Waals surface area contributed by atoms with E-state index >= 15 is 0 Å². The lowest BCUT2D eigenvalue weighted by Crippen LogP contribution is -2.47. The van der Waals surface area contributed by atoms with Gasteiger partial charge in [-0.3, -0.25) is 0 Å². The van der Waals surface area contributed by atoms with E-state index in [0.717, 1.165) is 19.3 Å². The Balaban J connectivity index is 2.70. The number of carbonyl (C=O) groups is 1. The third kappa shape index (κ3) is 8.02. The molecule has 0 unspecified atom stereocenters. The standard InChI is InChI=1S/C19H28F5NO5Si/c1-4-9-27-31(28-10-5-2,29-11-6-3)12-7-8-25-19(26)30-18-16(23)14(21)13(20)15(22)17(18)24/h4-12H2,1-3H3,(H,25,26). The summed E-state index contributed by atoms with van der Waals surface area (Å²) >= 11 is 0. The van der Waals surface area contributed by atoms with E-state index in [0.29, 0.717) is 32.3 Å². The molecule has 31 heavy (non-hydrogen) atoms. The monoisotopic (exact) mass is 473 g/mol. The largest absolute Gasteiger partial charge is 0.501 e. The highest BCUT2D eigenvalue weighted by atomic mass is 28.4. The average molecular weight is 474 g/mol. The van der Waals surface area contributed by atoms with Gasteiger partial charge >= 0.3 is 14.9 Å². The van der Waals surface area contributed by atoms with Gasteiger partial charge in [0.05, 0.1) is 0 Å². The predicted octanol–water partition coefficient (Wildman–Crippen LogP) is 5.08. The summed E-state index contributed by atoms with van der Waals surface area (Å²) in [5, 5.41) is 2.20. The van der Waals surface area contributed by atoms with Crippen molar-refractivity contribution >= 4 is 14.9 Å². The van der Waals surface area contributed by atoms with Crippen molar-refractivity contribution in [3.8, 4) is 5.75 Å². The van der Waals surface area contributed by atoms with Crippen LogP contribution in [0.2, 0.25) is 6.04 Å². The van der Waals surface area contributed by atoms with Gasteiger partial charge in [0.1, 0.15) is 0 Å². The number of halogens is 5. The zero-order valence-corrected chi connectivity index (χ0v) is 18.8. The summed E-state index contributed by atoms with van der Waals surface area (Å²) in [6.45, 7) is 7.12. The summed E-state index contributed by atoms with van der Waals surface area (Å²) in [5.74, 6) is -12.9. The minimum absolute atomic E-state index is 0.0244. The zero-order valence-electron chi connectivity index (χ0n) is 17.8. The van der Waals surface area contributed by atoms with E-state index in [9.17, 15) is 26.7 Å². The molecule has 0 aromatic heterocycles. The SMILES string of the molecule is CCCO[Si](CCCNC(=O)Oc1c(F)c(F)c(F)c(F)c1F)(OCCC)OCCC. The van der Waals surface area contributed by atoms with Gasteiger partial charge in [-0.1, -0.05) is 20.8 Å². The lowest BCUT2D eigenvalue weighted by atomic mass is 10.2. The third-order valence-corrected chi connectivity index (χ3v) is 6.77. The van der Waals surface area contributed by atoms with Crippen LogP contribution in [0.4, 0.5) is 26.7 Å². The van der Waals surface area contributed by atoms with Crippen molar-refractivity contribution in [3.05, 3.63) is 29.1 Å². The van der Waals surface area contributed by atoms with Crippen LogP contribution in [-0.4, -0.2) is 41.3 Å². The first-order valence-electron chi connectivity index (χ1n) is 10.1. The minimum atomic E-state index is -3.00. The van der Waals surface area contributed by atoms with Crippen LogP contribution in [0.15, 0.2) is 0 Å². The second kappa shape index (κ2) is 13.6. The highest BCUT2D eigenvalue weighted by Crippen LogP contribution is 2.29. The number of rotatable bonds is 14. The van der Waals surface area contributed by atoms with Crippen LogP contribution in [-0.2, 0) is 13.3 Å². The smallest absolute Gasteiger partial charge is 0.404 e. The van der Waals surface area contributed by atoms with E-state index in [2.05, 4.69) is 10.1 Å². The van der Waals surface area contributed by atoms with Crippen molar-refractivity contribution in [3.63, 3.8) is 0 Å². The van der Waals surface area contributed by atoms with E-state index in [4.69, 9.17) is 13.3 Å². The van der Waals surface area contributed by atoms with Gasteiger partial charge < -0.3 is 23.3 Å². The van der Waals surface area contributed by atoms with E-state index in [-0.39, 0.29) is 6.54 Å². The van der Waals surface area contributed by atoms with Crippen LogP contribution >= 0.6 is 0 Å². The minimum Gasteiger partial charge on any atom is -0.404 e. The maximum Gasteiger partial charge on any atom is 0.501 e. The van der Waals surface area contributed by atoms with Gasteiger partial charge in [-0.25, -0.2) is 18.0 Å². The van der Waals surface area contributed by atoms with Gasteiger partial charge in [-0.2, -0.15) is 8.78 Å². The molecule has 1 rings (SSSR count). The normalized spacial score (nSPS) is 11.6. The molecule has 6 nitrogen and oxygen atoms in total. The predicted molar refractivity (Wildman–Crippen MR) is 104 cm³/mol. The quantitative estimate of drug-likeness (QED) is 0.134. The zero-order chi connectivity index (χ0) is 23.4. The molecule has 0 saturated carbocycles. The Labute approximate surface area is 179 Å². The fourth-order valence-electron chi connectivity index (χ4n) is 2.41. The van der Waals surface area contributed by atoms with Gasteiger partial charge in [0.25, 0.3) is 0 Å². The summed E-state index contributed by atoms with van der Waals surface area (Å²) < 4.78 is 88.6. The van der Waals surface area contributed by atoms with Crippen LogP contribution in [0.3, 0.4) is 0 Å². The Morgan fingerprint density at radius 1 is 0.774 bits per heavy atom. The fraction of sp³-hybridized carbons (Fsp3) is 0.632. The Kier molecular flexibility index (Phi) is 12.0. The molecule has 0 aliphatic rings. The number of hydrogen-bond donors (Lipinski definition) is 1. The first-order valence-corrected chi connectivity index (χ1v) is 12.0. The second-order valence-electron chi connectivity index (χ2n) is 6.55. The number of benzene rings is 1. The molecule has 1 amide bonds. The number of amides is 1. The van der Waals surface area contributed by atoms with E-state index < -0.39 is 49.7 Å². The van der Waals surface area contributed by atoms with Crippen LogP contribution < -0.4 is 10.1 Å². The molecule has 12 heteroatoms. The van der Waals surface area contributed by atoms with Crippen LogP contribution in [0.25, 0.3) is 0 Å². The van der Waals surface area contributed by atoms with Crippen molar-refractivity contribution in [2.75, 3.05) is 26.4 Å². The molecule has 1 aromatic carbocycles. The molecule has 0 saturated heterocycles. The summed E-state index contributed by atoms with van der Waals surface area (Å²) in [6, 6.07) is 0.357. The molecule has 1 aromatic rings. The average Bonchev–Trinajstić information content (AvgIpc) is 2.77. The molecule has 0 heterocycles. The molecular weight excluding hydrogens is 445 g/mol. The molecule has 0 radical (unpaired) electrons. The van der Waals surface area contributed by atoms with Crippen LogP contribution in [0.5, 0.6) is 5.75 Å². The molecule has 0 aliphatic heterocycles. The number of ether oxygens (including phenoxy) is 1. The highest BCUT2D eigenvalue weighted by molar-refractivity contribution is 6.60. The van der Waals surface area contributed by atoms with Gasteiger partial charge in [-0.15, -0.1) is 0 Å². The lowest BCUT2D eigenvalue weighted by Gasteiger charge is -2.29. The molecule has 0 aliphatic carbocycles. The number of carbonyl (C=O) groups excluding carboxylic acids is 1. The Hall–Kier alpha value is -1.76. The molecule has 0 atom stereocenters. The first-order chi connectivity index (χ1) is 14.7. The molecule has 0 fully saturated rings. The van der Waals surface area contributed by atoms with Crippen molar-refractivity contribution < 1.29 is 44.8 Å². The Morgan fingerprint density at radius 3 is 1.61 bits per heavy atom. The topological polar surface area (TPSA) is 66.0 Å². The van der Waals surface area contributed by atoms with Crippen LogP contribution in [0.1, 0.15) is 46.5 Å². The molecule has 0 spiro atoms. The van der Waals surface area contributed by atoms with Gasteiger partial charge in [0.2, 0.25) is 34.8 Å². The molecule has 1 N–H and O–H groups in total. The van der Waals surface area contributed by atoms with Crippen molar-refractivity contribution in [1.82, 2.24) is 5.32 Å². The molecular formula is C19H28F5NO5Si. The van der Waals surface area contributed by atoms with Gasteiger partial charge in [0.15, 0.2) is 0 Å². The first kappa shape index (κ1) is 27.3. The van der Waals surface area contributed by atoms with E-state index in [1.54, 1.807) is 0 Å². The Bertz CT molecular complexity index is 675. The van der Waals surface area contributed by atoms with Crippen molar-refractivity contribution in [1.29, 1.82) is 0 Å². The number of hydrogen-bond acceptors (Lipinski definition) is 5. The second-order valence-corrected chi connectivity index (χ2v) is 9.28. The van der Waals surface area contributed by atoms with Gasteiger partial charge in [-0.05, 0) is 25.7 Å². The number of nitrogens with one attached hydrogen (secondary N) is 1. The van der Waals surface area contributed by atoms with Gasteiger partial charge in [0, 0.05) is 32.4 Å². The van der Waals surface area contributed by atoms with Crippen LogP contribution in [0, 0.1) is 29.1 Å². The summed E-state index contributed by atoms with van der Waals surface area (Å²) in [7, 11) is -3.00. The van der Waals surface area contributed by atoms with E-state index in [1.165, 1.54) is 0 Å².